The van der Waals surface area contributed by atoms with E-state index in [0.717, 1.165) is 25.9 Å². The minimum atomic E-state index is 0.0851. The Balaban J connectivity index is 1.79. The monoisotopic (exact) mass is 266 g/mol. The third-order valence-corrected chi connectivity index (χ3v) is 4.69. The fourth-order valence-corrected chi connectivity index (χ4v) is 3.25. The molecule has 4 nitrogen and oxygen atoms in total. The quantitative estimate of drug-likeness (QED) is 0.781. The van der Waals surface area contributed by atoms with Crippen molar-refractivity contribution < 1.29 is 9.59 Å². The van der Waals surface area contributed by atoms with Crippen LogP contribution in [0, 0.1) is 17.3 Å². The summed E-state index contributed by atoms with van der Waals surface area (Å²) in [5.74, 6) is 0.791. The topological polar surface area (TPSA) is 40.6 Å². The highest BCUT2D eigenvalue weighted by molar-refractivity contribution is 5.81. The zero-order chi connectivity index (χ0) is 14.4. The number of carbonyl (C=O) groups is 2. The summed E-state index contributed by atoms with van der Waals surface area (Å²) in [6.45, 7) is 9.69. The second kappa shape index (κ2) is 4.80. The Morgan fingerprint density at radius 3 is 2.11 bits per heavy atom. The highest BCUT2D eigenvalue weighted by atomic mass is 16.2. The molecular weight excluding hydrogens is 240 g/mol. The van der Waals surface area contributed by atoms with Crippen molar-refractivity contribution in [2.24, 2.45) is 17.3 Å². The lowest BCUT2D eigenvalue weighted by atomic mass is 9.57. The van der Waals surface area contributed by atoms with Crippen LogP contribution in [0.15, 0.2) is 0 Å². The smallest absolute Gasteiger partial charge is 0.225 e. The van der Waals surface area contributed by atoms with Crippen LogP contribution in [0.25, 0.3) is 0 Å². The molecule has 1 spiro atoms. The molecule has 0 aromatic heterocycles. The lowest BCUT2D eigenvalue weighted by Gasteiger charge is -2.59. The van der Waals surface area contributed by atoms with E-state index < -0.39 is 0 Å². The normalized spacial score (nSPS) is 21.5. The highest BCUT2D eigenvalue weighted by Gasteiger charge is 2.55. The van der Waals surface area contributed by atoms with E-state index in [4.69, 9.17) is 0 Å². The molecular formula is C15H26N2O2. The van der Waals surface area contributed by atoms with Crippen molar-refractivity contribution in [1.29, 1.82) is 0 Å². The van der Waals surface area contributed by atoms with Gasteiger partial charge in [0.2, 0.25) is 11.8 Å². The minimum Gasteiger partial charge on any atom is -0.343 e. The maximum atomic E-state index is 12.2. The van der Waals surface area contributed by atoms with Crippen molar-refractivity contribution in [3.8, 4) is 0 Å². The lowest BCUT2D eigenvalue weighted by molar-refractivity contribution is -0.166. The Morgan fingerprint density at radius 2 is 1.68 bits per heavy atom. The van der Waals surface area contributed by atoms with E-state index in [0.29, 0.717) is 0 Å². The zero-order valence-corrected chi connectivity index (χ0v) is 12.8. The van der Waals surface area contributed by atoms with Crippen LogP contribution in [-0.4, -0.2) is 47.8 Å². The van der Waals surface area contributed by atoms with Crippen LogP contribution in [0.4, 0.5) is 0 Å². The van der Waals surface area contributed by atoms with Gasteiger partial charge in [-0.25, -0.2) is 0 Å². The zero-order valence-electron chi connectivity index (χ0n) is 12.8. The molecule has 2 rings (SSSR count). The van der Waals surface area contributed by atoms with Gasteiger partial charge in [0.15, 0.2) is 0 Å². The van der Waals surface area contributed by atoms with Crippen molar-refractivity contribution in [2.75, 3.05) is 20.1 Å². The maximum Gasteiger partial charge on any atom is 0.225 e. The van der Waals surface area contributed by atoms with Crippen LogP contribution >= 0.6 is 0 Å². The van der Waals surface area contributed by atoms with Crippen LogP contribution < -0.4 is 0 Å². The van der Waals surface area contributed by atoms with E-state index in [2.05, 4.69) is 0 Å². The van der Waals surface area contributed by atoms with E-state index in [-0.39, 0.29) is 35.1 Å². The number of carbonyl (C=O) groups excluding carboxylic acids is 2. The molecule has 0 N–H and O–H groups in total. The minimum absolute atomic E-state index is 0.0851. The molecule has 1 saturated heterocycles. The summed E-state index contributed by atoms with van der Waals surface area (Å²) >= 11 is 0. The van der Waals surface area contributed by atoms with E-state index in [1.54, 1.807) is 0 Å². The Kier molecular flexibility index (Phi) is 3.63. The van der Waals surface area contributed by atoms with Gasteiger partial charge in [0.1, 0.15) is 0 Å². The predicted molar refractivity (Wildman–Crippen MR) is 74.5 cm³/mol. The Labute approximate surface area is 116 Å². The summed E-state index contributed by atoms with van der Waals surface area (Å²) in [7, 11) is 1.88. The molecule has 2 aliphatic rings. The van der Waals surface area contributed by atoms with Gasteiger partial charge in [0.05, 0.1) is 0 Å². The maximum absolute atomic E-state index is 12.2. The molecule has 1 aliphatic carbocycles. The second-order valence-electron chi connectivity index (χ2n) is 7.00. The molecule has 0 unspecified atom stereocenters. The molecule has 4 heteroatoms. The molecule has 1 aliphatic heterocycles. The van der Waals surface area contributed by atoms with Gasteiger partial charge < -0.3 is 9.80 Å². The van der Waals surface area contributed by atoms with Crippen molar-refractivity contribution >= 4 is 11.8 Å². The number of nitrogens with zero attached hydrogens (tertiary/aromatic N) is 2. The summed E-state index contributed by atoms with van der Waals surface area (Å²) < 4.78 is 0. The first-order valence-electron chi connectivity index (χ1n) is 7.31. The molecule has 1 heterocycles. The molecule has 0 atom stereocenters. The van der Waals surface area contributed by atoms with Gasteiger partial charge in [-0.1, -0.05) is 13.8 Å². The van der Waals surface area contributed by atoms with E-state index in [1.165, 1.54) is 0 Å². The summed E-state index contributed by atoms with van der Waals surface area (Å²) in [6.07, 6.45) is 1.93. The molecule has 1 saturated carbocycles. The third kappa shape index (κ3) is 2.49. The van der Waals surface area contributed by atoms with Gasteiger partial charge >= 0.3 is 0 Å². The lowest BCUT2D eigenvalue weighted by Crippen LogP contribution is -2.66. The number of amides is 2. The van der Waals surface area contributed by atoms with Gasteiger partial charge in [0.25, 0.3) is 0 Å². The average Bonchev–Trinajstić information content (AvgIpc) is 2.23. The molecule has 0 bridgehead atoms. The molecule has 0 aromatic carbocycles. The van der Waals surface area contributed by atoms with Gasteiger partial charge in [0, 0.05) is 43.4 Å². The molecule has 0 radical (unpaired) electrons. The van der Waals surface area contributed by atoms with Crippen molar-refractivity contribution in [3.63, 3.8) is 0 Å². The molecule has 0 aromatic rings. The van der Waals surface area contributed by atoms with E-state index in [1.807, 2.05) is 44.5 Å². The standard InChI is InChI=1S/C15H26N2O2/c1-10(2)13(18)17-8-15(9-17)6-12(7-15)14(19)16(5)11(3)4/h10-12H,6-9H2,1-5H3. The van der Waals surface area contributed by atoms with Crippen LogP contribution in [-0.2, 0) is 9.59 Å². The highest BCUT2D eigenvalue weighted by Crippen LogP contribution is 2.52. The van der Waals surface area contributed by atoms with Crippen LogP contribution in [0.5, 0.6) is 0 Å². The summed E-state index contributed by atoms with van der Waals surface area (Å²) in [4.78, 5) is 27.8. The number of rotatable bonds is 3. The van der Waals surface area contributed by atoms with Crippen molar-refractivity contribution in [3.05, 3.63) is 0 Å². The van der Waals surface area contributed by atoms with Crippen LogP contribution in [0.1, 0.15) is 40.5 Å². The van der Waals surface area contributed by atoms with Gasteiger partial charge in [-0.3, -0.25) is 9.59 Å². The number of hydrogen-bond donors (Lipinski definition) is 0. The van der Waals surface area contributed by atoms with Crippen molar-refractivity contribution in [2.45, 2.75) is 46.6 Å². The first-order valence-corrected chi connectivity index (χ1v) is 7.31. The fourth-order valence-electron chi connectivity index (χ4n) is 3.25. The first kappa shape index (κ1) is 14.4. The fraction of sp³-hybridized carbons (Fsp3) is 0.867. The first-order chi connectivity index (χ1) is 8.76. The molecule has 108 valence electrons. The van der Waals surface area contributed by atoms with Gasteiger partial charge in [-0.15, -0.1) is 0 Å². The van der Waals surface area contributed by atoms with E-state index in [9.17, 15) is 9.59 Å². The largest absolute Gasteiger partial charge is 0.343 e. The Hall–Kier alpha value is -1.06. The number of likely N-dealkylation sites (tertiary alicyclic amines) is 1. The predicted octanol–water partition coefficient (Wildman–Crippen LogP) is 1.75. The van der Waals surface area contributed by atoms with Crippen LogP contribution in [0.2, 0.25) is 0 Å². The Bertz CT molecular complexity index is 376. The summed E-state index contributed by atoms with van der Waals surface area (Å²) in [6, 6.07) is 0.268. The molecule has 19 heavy (non-hydrogen) atoms. The summed E-state index contributed by atoms with van der Waals surface area (Å²) in [5.41, 5.74) is 0.267. The van der Waals surface area contributed by atoms with E-state index >= 15 is 0 Å². The third-order valence-electron chi connectivity index (χ3n) is 4.69. The second-order valence-corrected chi connectivity index (χ2v) is 7.00. The van der Waals surface area contributed by atoms with Gasteiger partial charge in [-0.05, 0) is 26.7 Å². The van der Waals surface area contributed by atoms with Crippen LogP contribution in [0.3, 0.4) is 0 Å². The van der Waals surface area contributed by atoms with Gasteiger partial charge in [-0.2, -0.15) is 0 Å². The Morgan fingerprint density at radius 1 is 1.16 bits per heavy atom. The molecule has 2 amide bonds. The number of hydrogen-bond acceptors (Lipinski definition) is 2. The SMILES string of the molecule is CC(C)C(=O)N1CC2(CC(C(=O)N(C)C(C)C)C2)C1. The summed E-state index contributed by atoms with van der Waals surface area (Å²) in [5, 5.41) is 0. The van der Waals surface area contributed by atoms with Crippen molar-refractivity contribution in [1.82, 2.24) is 9.80 Å². The average molecular weight is 266 g/mol. The molecule has 2 fully saturated rings.